The second kappa shape index (κ2) is 21.9. The molecule has 0 aromatic heterocycles. The first kappa shape index (κ1) is 29.7. The van der Waals surface area contributed by atoms with Crippen molar-refractivity contribution in [1.82, 2.24) is 0 Å². The van der Waals surface area contributed by atoms with Crippen LogP contribution in [0.4, 0.5) is 0 Å². The second-order valence-corrected chi connectivity index (χ2v) is 8.79. The molecule has 172 valence electrons. The molecule has 0 bridgehead atoms. The van der Waals surface area contributed by atoms with E-state index >= 15 is 0 Å². The predicted molar refractivity (Wildman–Crippen MR) is 125 cm³/mol. The maximum atomic E-state index is 10.3. The van der Waals surface area contributed by atoms with Crippen molar-refractivity contribution in [2.45, 2.75) is 115 Å². The molecule has 0 amide bonds. The molecule has 4 nitrogen and oxygen atoms in total. The van der Waals surface area contributed by atoms with Crippen LogP contribution in [-0.2, 0) is 0 Å². The normalized spacial score (nSPS) is 10.4. The van der Waals surface area contributed by atoms with E-state index < -0.39 is 11.9 Å². The average Bonchev–Trinajstić information content (AvgIpc) is 2.77. The number of carbonyl (C=O) groups excluding carboxylic acids is 2. The molecule has 1 aromatic carbocycles. The summed E-state index contributed by atoms with van der Waals surface area (Å²) in [6.45, 7) is 2.29. The minimum Gasteiger partial charge on any atom is -0.545 e. The summed E-state index contributed by atoms with van der Waals surface area (Å²) in [5.74, 6) is -3.04. The van der Waals surface area contributed by atoms with Crippen molar-refractivity contribution < 1.29 is 19.8 Å². The molecule has 0 aliphatic heterocycles. The average molecular weight is 445 g/mol. The van der Waals surface area contributed by atoms with Gasteiger partial charge in [-0.25, -0.2) is 0 Å². The third kappa shape index (κ3) is 18.0. The van der Waals surface area contributed by atoms with Crippen molar-refractivity contribution in [3.63, 3.8) is 0 Å². The van der Waals surface area contributed by atoms with Gasteiger partial charge in [0.2, 0.25) is 0 Å². The van der Waals surface area contributed by atoms with Crippen LogP contribution in [0.5, 0.6) is 0 Å². The van der Waals surface area contributed by atoms with Crippen LogP contribution in [0.15, 0.2) is 24.3 Å². The Morgan fingerprint density at radius 1 is 0.613 bits per heavy atom. The van der Waals surface area contributed by atoms with Crippen molar-refractivity contribution in [2.75, 3.05) is 0 Å². The quantitative estimate of drug-likeness (QED) is 0.229. The van der Waals surface area contributed by atoms with Crippen molar-refractivity contribution in [3.8, 4) is 0 Å². The summed E-state index contributed by atoms with van der Waals surface area (Å²) in [7, 11) is 0. The van der Waals surface area contributed by atoms with E-state index in [0.717, 1.165) is 12.1 Å². The van der Waals surface area contributed by atoms with Gasteiger partial charge in [0, 0.05) is 11.1 Å². The van der Waals surface area contributed by atoms with Gasteiger partial charge in [-0.2, -0.15) is 0 Å². The number of hydrogen-bond acceptors (Lipinski definition) is 4. The van der Waals surface area contributed by atoms with Crippen LogP contribution in [0.2, 0.25) is 5.28 Å². The number of rotatable bonds is 18. The largest absolute Gasteiger partial charge is 0.545 e. The fourth-order valence-corrected chi connectivity index (χ4v) is 3.82. The van der Waals surface area contributed by atoms with Crippen LogP contribution in [0, 0.1) is 0 Å². The Balaban J connectivity index is 0.000000639. The van der Waals surface area contributed by atoms with Crippen molar-refractivity contribution >= 4 is 28.2 Å². The molecule has 5 heteroatoms. The molecular weight excluding hydrogens is 403 g/mol. The van der Waals surface area contributed by atoms with Crippen LogP contribution in [0.3, 0.4) is 0 Å². The van der Waals surface area contributed by atoms with Crippen molar-refractivity contribution in [2.24, 2.45) is 0 Å². The van der Waals surface area contributed by atoms with E-state index in [4.69, 9.17) is 0 Å². The van der Waals surface area contributed by atoms with Gasteiger partial charge in [-0.05, 0) is 0 Å². The monoisotopic (exact) mass is 444 g/mol. The van der Waals surface area contributed by atoms with Gasteiger partial charge >= 0.3 is 92.2 Å². The van der Waals surface area contributed by atoms with E-state index in [2.05, 4.69) is 23.2 Å². The third-order valence-corrected chi connectivity index (χ3v) is 5.83. The van der Waals surface area contributed by atoms with Gasteiger partial charge in [0.25, 0.3) is 0 Å². The van der Waals surface area contributed by atoms with Gasteiger partial charge in [0.1, 0.15) is 0 Å². The second-order valence-electron chi connectivity index (χ2n) is 8.21. The Bertz CT molecular complexity index is 525. The number of carbonyl (C=O) groups is 2. The maximum Gasteiger partial charge on any atom is 0.0721 e. The van der Waals surface area contributed by atoms with E-state index in [-0.39, 0.29) is 11.1 Å². The number of benzene rings is 1. The van der Waals surface area contributed by atoms with Crippen LogP contribution in [0.25, 0.3) is 0 Å². The number of aromatic carboxylic acids is 2. The molecule has 1 rings (SSSR count). The fraction of sp³-hybridized carbons (Fsp3) is 0.692. The van der Waals surface area contributed by atoms with Crippen LogP contribution < -0.4 is 10.2 Å². The van der Waals surface area contributed by atoms with E-state index in [1.165, 1.54) is 120 Å². The standard InChI is InChI=1S/C18H37.C8H6O4.Al/c1-3-5-7-9-11-13-15-17-18-16-14-12-10-8-6-4-2;9-7(10)5-3-1-2-4-6(5)8(11)12;/h1,3-18H2,2H3;1-4H,(H,9,10)(H,11,12);/q;;+2/p-2. The smallest absolute Gasteiger partial charge is 0.0721 e. The first-order valence-corrected chi connectivity index (χ1v) is 13.1. The summed E-state index contributed by atoms with van der Waals surface area (Å²) < 4.78 is 0. The van der Waals surface area contributed by atoms with Gasteiger partial charge in [0.15, 0.2) is 0 Å². The molecule has 0 saturated carbocycles. The maximum absolute atomic E-state index is 10.3. The van der Waals surface area contributed by atoms with Crippen LogP contribution in [-0.4, -0.2) is 28.2 Å². The molecule has 0 unspecified atom stereocenters. The van der Waals surface area contributed by atoms with Gasteiger partial charge in [0.05, 0.1) is 11.9 Å². The molecular formula is C26H41AlO4. The van der Waals surface area contributed by atoms with Crippen LogP contribution >= 0.6 is 0 Å². The zero-order chi connectivity index (χ0) is 23.2. The van der Waals surface area contributed by atoms with E-state index in [1.807, 2.05) is 0 Å². The van der Waals surface area contributed by atoms with Gasteiger partial charge < -0.3 is 19.8 Å². The van der Waals surface area contributed by atoms with Crippen molar-refractivity contribution in [1.29, 1.82) is 0 Å². The van der Waals surface area contributed by atoms with Gasteiger partial charge in [-0.15, -0.1) is 0 Å². The van der Waals surface area contributed by atoms with Crippen LogP contribution in [0.1, 0.15) is 130 Å². The molecule has 0 radical (unpaired) electrons. The molecule has 31 heavy (non-hydrogen) atoms. The fourth-order valence-electron chi connectivity index (χ4n) is 3.53. The Morgan fingerprint density at radius 2 is 0.903 bits per heavy atom. The molecule has 0 N–H and O–H groups in total. The van der Waals surface area contributed by atoms with E-state index in [1.54, 1.807) is 0 Å². The number of carboxylic acid groups (broad SMARTS) is 2. The number of carboxylic acids is 2. The molecule has 0 fully saturated rings. The minimum atomic E-state index is -1.52. The van der Waals surface area contributed by atoms with Gasteiger partial charge in [-0.1, -0.05) is 63.3 Å². The summed E-state index contributed by atoms with van der Waals surface area (Å²) >= 11 is 2.83. The molecule has 0 spiro atoms. The summed E-state index contributed by atoms with van der Waals surface area (Å²) in [6, 6.07) is 5.14. The Morgan fingerprint density at radius 3 is 1.16 bits per heavy atom. The summed E-state index contributed by atoms with van der Waals surface area (Å²) in [5.41, 5.74) is -0.727. The summed E-state index contributed by atoms with van der Waals surface area (Å²) in [6.07, 6.45) is 23.4. The molecule has 0 saturated heterocycles. The first-order valence-electron chi connectivity index (χ1n) is 12.3. The molecule has 1 aromatic rings. The van der Waals surface area contributed by atoms with E-state index in [9.17, 15) is 19.8 Å². The molecule has 0 heterocycles. The summed E-state index contributed by atoms with van der Waals surface area (Å²) in [4.78, 5) is 20.6. The summed E-state index contributed by atoms with van der Waals surface area (Å²) in [5, 5.41) is 21.9. The third-order valence-electron chi connectivity index (χ3n) is 5.42. The Labute approximate surface area is 198 Å². The topological polar surface area (TPSA) is 80.3 Å². The Kier molecular flexibility index (Phi) is 21.0. The zero-order valence-corrected chi connectivity index (χ0v) is 20.7. The number of hydrogen-bond donors (Lipinski definition) is 0. The Hall–Kier alpha value is -1.31. The SMILES string of the molecule is CCCCCCCCCCCCCCCCC[CH2][Al+2].O=C([O-])c1ccccc1C(=O)[O-]. The first-order chi connectivity index (χ1) is 15.0. The molecule has 0 atom stereocenters. The minimum absolute atomic E-state index is 0.363. The zero-order valence-electron chi connectivity index (χ0n) is 19.5. The van der Waals surface area contributed by atoms with E-state index in [0.29, 0.717) is 0 Å². The molecule has 0 aliphatic rings. The predicted octanol–water partition coefficient (Wildman–Crippen LogP) is 5.25. The van der Waals surface area contributed by atoms with Crippen molar-refractivity contribution in [3.05, 3.63) is 35.4 Å². The molecule has 0 aliphatic carbocycles. The van der Waals surface area contributed by atoms with Gasteiger partial charge in [-0.3, -0.25) is 0 Å². The number of unbranched alkanes of at least 4 members (excludes halogenated alkanes) is 15.